The molecule has 1 aromatic carbocycles. The first-order chi connectivity index (χ1) is 9.97. The highest BCUT2D eigenvalue weighted by atomic mass is 16.5. The number of hydrogen-bond donors (Lipinski definition) is 3. The van der Waals surface area contributed by atoms with E-state index >= 15 is 0 Å². The molecule has 0 aliphatic rings. The lowest BCUT2D eigenvalue weighted by molar-refractivity contribution is 0.0378. The number of carbonyl (C=O) groups is 2. The summed E-state index contributed by atoms with van der Waals surface area (Å²) in [5, 5.41) is 9.41. The van der Waals surface area contributed by atoms with Gasteiger partial charge >= 0.3 is 5.97 Å². The summed E-state index contributed by atoms with van der Waals surface area (Å²) in [6.07, 6.45) is 1.25. The van der Waals surface area contributed by atoms with Gasteiger partial charge in [-0.15, -0.1) is 0 Å². The highest BCUT2D eigenvalue weighted by Gasteiger charge is 2.12. The summed E-state index contributed by atoms with van der Waals surface area (Å²) in [7, 11) is 0. The second-order valence-electron chi connectivity index (χ2n) is 4.67. The highest BCUT2D eigenvalue weighted by molar-refractivity contribution is 5.98. The van der Waals surface area contributed by atoms with E-state index in [0.29, 0.717) is 17.1 Å². The molecule has 0 saturated heterocycles. The molecule has 0 saturated carbocycles. The van der Waals surface area contributed by atoms with Crippen LogP contribution in [0.4, 0.5) is 11.5 Å². The molecule has 7 heteroatoms. The molecule has 2 rings (SSSR count). The van der Waals surface area contributed by atoms with Crippen molar-refractivity contribution in [3.8, 4) is 0 Å². The number of nitrogens with zero attached hydrogens (tertiary/aromatic N) is 1. The number of anilines is 2. The fraction of sp³-hybridized carbons (Fsp3) is 0.214. The van der Waals surface area contributed by atoms with Crippen molar-refractivity contribution >= 4 is 23.4 Å². The number of H-pyrrole nitrogens is 1. The molecule has 0 aliphatic heterocycles. The number of primary amides is 1. The van der Waals surface area contributed by atoms with Gasteiger partial charge in [-0.25, -0.2) is 4.79 Å². The predicted molar refractivity (Wildman–Crippen MR) is 77.4 cm³/mol. The molecule has 1 aromatic heterocycles. The van der Waals surface area contributed by atoms with Gasteiger partial charge in [0.25, 0.3) is 5.91 Å². The quantitative estimate of drug-likeness (QED) is 0.727. The molecule has 110 valence electrons. The number of esters is 1. The number of hydrogen-bond acceptors (Lipinski definition) is 5. The van der Waals surface area contributed by atoms with Gasteiger partial charge < -0.3 is 15.8 Å². The van der Waals surface area contributed by atoms with E-state index in [9.17, 15) is 9.59 Å². The van der Waals surface area contributed by atoms with E-state index < -0.39 is 5.91 Å². The Labute approximate surface area is 121 Å². The highest BCUT2D eigenvalue weighted by Crippen LogP contribution is 2.18. The van der Waals surface area contributed by atoms with Crippen molar-refractivity contribution < 1.29 is 14.3 Å². The number of aromatic nitrogens is 2. The zero-order chi connectivity index (χ0) is 15.4. The Bertz CT molecular complexity index is 646. The van der Waals surface area contributed by atoms with Crippen LogP contribution in [0.2, 0.25) is 0 Å². The van der Waals surface area contributed by atoms with Crippen molar-refractivity contribution in [2.45, 2.75) is 20.0 Å². The summed E-state index contributed by atoms with van der Waals surface area (Å²) in [5.41, 5.74) is 6.61. The van der Waals surface area contributed by atoms with Gasteiger partial charge in [-0.1, -0.05) is 0 Å². The van der Waals surface area contributed by atoms with Crippen LogP contribution >= 0.6 is 0 Å². The Morgan fingerprint density at radius 2 is 1.95 bits per heavy atom. The number of carbonyl (C=O) groups excluding carboxylic acids is 2. The van der Waals surface area contributed by atoms with Crippen LogP contribution in [0.1, 0.15) is 34.6 Å². The van der Waals surface area contributed by atoms with E-state index in [4.69, 9.17) is 10.5 Å². The first-order valence-corrected chi connectivity index (χ1v) is 6.39. The average Bonchev–Trinajstić information content (AvgIpc) is 2.87. The fourth-order valence-corrected chi connectivity index (χ4v) is 1.68. The molecule has 0 aliphatic carbocycles. The van der Waals surface area contributed by atoms with Crippen LogP contribution in [0.25, 0.3) is 0 Å². The van der Waals surface area contributed by atoms with Gasteiger partial charge in [0.2, 0.25) is 0 Å². The number of nitrogens with one attached hydrogen (secondary N) is 2. The summed E-state index contributed by atoms with van der Waals surface area (Å²) in [6.45, 7) is 3.58. The van der Waals surface area contributed by atoms with Gasteiger partial charge in [0, 0.05) is 11.9 Å². The Kier molecular flexibility index (Phi) is 4.22. The summed E-state index contributed by atoms with van der Waals surface area (Å²) < 4.78 is 5.09. The van der Waals surface area contributed by atoms with Crippen LogP contribution in [0.15, 0.2) is 30.5 Å². The lowest BCUT2D eigenvalue weighted by atomic mass is 10.2. The molecule has 7 nitrogen and oxygen atoms in total. The van der Waals surface area contributed by atoms with Gasteiger partial charge in [0.05, 0.1) is 11.7 Å². The maximum absolute atomic E-state index is 11.7. The SMILES string of the molecule is CC(C)OC(=O)c1ccc(Nc2n[nH]cc2C(N)=O)cc1. The lowest BCUT2D eigenvalue weighted by Gasteiger charge is -2.09. The van der Waals surface area contributed by atoms with Crippen molar-refractivity contribution in [1.82, 2.24) is 10.2 Å². The molecule has 0 bridgehead atoms. The van der Waals surface area contributed by atoms with E-state index in [-0.39, 0.29) is 17.6 Å². The van der Waals surface area contributed by atoms with E-state index in [1.54, 1.807) is 38.1 Å². The van der Waals surface area contributed by atoms with Crippen molar-refractivity contribution in [2.75, 3.05) is 5.32 Å². The zero-order valence-corrected chi connectivity index (χ0v) is 11.7. The van der Waals surface area contributed by atoms with E-state index in [1.165, 1.54) is 6.20 Å². The van der Waals surface area contributed by atoms with E-state index in [1.807, 2.05) is 0 Å². The van der Waals surface area contributed by atoms with Gasteiger partial charge in [0.15, 0.2) is 5.82 Å². The smallest absolute Gasteiger partial charge is 0.338 e. The largest absolute Gasteiger partial charge is 0.459 e. The van der Waals surface area contributed by atoms with Gasteiger partial charge in [-0.2, -0.15) is 5.10 Å². The third-order valence-electron chi connectivity index (χ3n) is 2.63. The monoisotopic (exact) mass is 288 g/mol. The molecule has 0 unspecified atom stereocenters. The van der Waals surface area contributed by atoms with Crippen LogP contribution in [0.3, 0.4) is 0 Å². The van der Waals surface area contributed by atoms with E-state index in [2.05, 4.69) is 15.5 Å². The molecule has 4 N–H and O–H groups in total. The van der Waals surface area contributed by atoms with Crippen LogP contribution in [0, 0.1) is 0 Å². The van der Waals surface area contributed by atoms with Gasteiger partial charge in [-0.3, -0.25) is 9.89 Å². The molecule has 0 spiro atoms. The topological polar surface area (TPSA) is 110 Å². The number of nitrogens with two attached hydrogens (primary N) is 1. The molecule has 0 radical (unpaired) electrons. The zero-order valence-electron chi connectivity index (χ0n) is 11.7. The molecule has 1 amide bonds. The molecule has 0 atom stereocenters. The van der Waals surface area contributed by atoms with Crippen LogP contribution in [-0.4, -0.2) is 28.2 Å². The Hall–Kier alpha value is -2.83. The number of aromatic amines is 1. The van der Waals surface area contributed by atoms with Gasteiger partial charge in [0.1, 0.15) is 5.56 Å². The summed E-state index contributed by atoms with van der Waals surface area (Å²) in [4.78, 5) is 22.9. The molecular weight excluding hydrogens is 272 g/mol. The minimum atomic E-state index is -0.580. The first kappa shape index (κ1) is 14.6. The minimum absolute atomic E-state index is 0.169. The van der Waals surface area contributed by atoms with Crippen molar-refractivity contribution in [2.24, 2.45) is 5.73 Å². The second-order valence-corrected chi connectivity index (χ2v) is 4.67. The average molecular weight is 288 g/mol. The standard InChI is InChI=1S/C14H16N4O3/c1-8(2)21-14(20)9-3-5-10(6-4-9)17-13-11(12(15)19)7-16-18-13/h3-8H,1-2H3,(H2,15,19)(H2,16,17,18). The molecule has 2 aromatic rings. The Morgan fingerprint density at radius 3 is 2.52 bits per heavy atom. The molecular formula is C14H16N4O3. The van der Waals surface area contributed by atoms with Crippen molar-refractivity contribution in [1.29, 1.82) is 0 Å². The Balaban J connectivity index is 2.11. The first-order valence-electron chi connectivity index (χ1n) is 6.39. The lowest BCUT2D eigenvalue weighted by Crippen LogP contribution is -2.12. The predicted octanol–water partition coefficient (Wildman–Crippen LogP) is 1.82. The van der Waals surface area contributed by atoms with Gasteiger partial charge in [-0.05, 0) is 38.1 Å². The number of rotatable bonds is 5. The van der Waals surface area contributed by atoms with Crippen LogP contribution < -0.4 is 11.1 Å². The maximum Gasteiger partial charge on any atom is 0.338 e. The third kappa shape index (κ3) is 3.59. The summed E-state index contributed by atoms with van der Waals surface area (Å²) in [6, 6.07) is 6.64. The van der Waals surface area contributed by atoms with E-state index in [0.717, 1.165) is 0 Å². The van der Waals surface area contributed by atoms with Crippen molar-refractivity contribution in [3.05, 3.63) is 41.6 Å². The maximum atomic E-state index is 11.7. The fourth-order valence-electron chi connectivity index (χ4n) is 1.68. The number of ether oxygens (including phenoxy) is 1. The summed E-state index contributed by atoms with van der Waals surface area (Å²) in [5.74, 6) is -0.627. The third-order valence-corrected chi connectivity index (χ3v) is 2.63. The Morgan fingerprint density at radius 1 is 1.29 bits per heavy atom. The van der Waals surface area contributed by atoms with Crippen molar-refractivity contribution in [3.63, 3.8) is 0 Å². The molecule has 0 fully saturated rings. The molecule has 1 heterocycles. The molecule has 21 heavy (non-hydrogen) atoms. The number of benzene rings is 1. The minimum Gasteiger partial charge on any atom is -0.459 e. The summed E-state index contributed by atoms with van der Waals surface area (Å²) >= 11 is 0. The van der Waals surface area contributed by atoms with Crippen LogP contribution in [0.5, 0.6) is 0 Å². The number of amides is 1. The normalized spacial score (nSPS) is 10.4. The van der Waals surface area contributed by atoms with Crippen LogP contribution in [-0.2, 0) is 4.74 Å². The second kappa shape index (κ2) is 6.08.